The van der Waals surface area contributed by atoms with Gasteiger partial charge in [0.25, 0.3) is 0 Å². The van der Waals surface area contributed by atoms with Gasteiger partial charge in [0.05, 0.1) is 16.1 Å². The molecule has 0 radical (unpaired) electrons. The van der Waals surface area contributed by atoms with E-state index >= 15 is 0 Å². The highest BCUT2D eigenvalue weighted by molar-refractivity contribution is 7.88. The van der Waals surface area contributed by atoms with Gasteiger partial charge in [-0.15, -0.1) is 11.3 Å². The van der Waals surface area contributed by atoms with E-state index in [1.165, 1.54) is 18.3 Å². The first-order valence-corrected chi connectivity index (χ1v) is 11.4. The molecular formula is C20H11F6N3O3S2. The van der Waals surface area contributed by atoms with Crippen LogP contribution in [0, 0.1) is 0 Å². The summed E-state index contributed by atoms with van der Waals surface area (Å²) in [6, 6.07) is 8.15. The summed E-state index contributed by atoms with van der Waals surface area (Å²) >= 11 is 0.706. The molecule has 0 atom stereocenters. The minimum atomic E-state index is -4.84. The van der Waals surface area contributed by atoms with E-state index < -0.39 is 33.7 Å². The van der Waals surface area contributed by atoms with Crippen LogP contribution in [-0.2, 0) is 22.5 Å². The molecule has 0 bridgehead atoms. The van der Waals surface area contributed by atoms with Crippen molar-refractivity contribution in [1.29, 1.82) is 0 Å². The molecule has 14 heteroatoms. The Balaban J connectivity index is 1.76. The lowest BCUT2D eigenvalue weighted by Crippen LogP contribution is -2.10. The van der Waals surface area contributed by atoms with E-state index in [4.69, 9.17) is 4.55 Å². The molecule has 0 amide bonds. The first-order valence-electron chi connectivity index (χ1n) is 9.11. The molecule has 4 aromatic rings. The van der Waals surface area contributed by atoms with Crippen LogP contribution in [0.2, 0.25) is 0 Å². The fourth-order valence-corrected chi connectivity index (χ4v) is 4.61. The summed E-state index contributed by atoms with van der Waals surface area (Å²) in [7, 11) is -4.43. The van der Waals surface area contributed by atoms with Crippen molar-refractivity contribution in [1.82, 2.24) is 14.5 Å². The van der Waals surface area contributed by atoms with Crippen LogP contribution in [0.25, 0.3) is 27.5 Å². The smallest absolute Gasteiger partial charge is 0.290 e. The average Bonchev–Trinajstić information content (AvgIpc) is 3.42. The Morgan fingerprint density at radius 2 is 1.56 bits per heavy atom. The third-order valence-corrected chi connectivity index (χ3v) is 7.01. The van der Waals surface area contributed by atoms with Crippen molar-refractivity contribution in [3.05, 3.63) is 72.3 Å². The van der Waals surface area contributed by atoms with E-state index in [-0.39, 0.29) is 26.8 Å². The lowest BCUT2D eigenvalue weighted by molar-refractivity contribution is -0.141. The maximum absolute atomic E-state index is 13.5. The number of rotatable bonds is 4. The fraction of sp³-hybridized carbons (Fsp3) is 0.100. The second kappa shape index (κ2) is 8.21. The van der Waals surface area contributed by atoms with Crippen LogP contribution in [0.4, 0.5) is 26.3 Å². The van der Waals surface area contributed by atoms with Crippen molar-refractivity contribution in [2.75, 3.05) is 0 Å². The van der Waals surface area contributed by atoms with Crippen LogP contribution in [0.1, 0.15) is 11.3 Å². The quantitative estimate of drug-likeness (QED) is 0.266. The SMILES string of the molecule is O=S(=O)(O)c1ccc(-c2cn(-c3cc(-c4ccc(C(F)(F)F)cc4)cc(C(F)(F)F)n3)cn2)s1. The van der Waals surface area contributed by atoms with Crippen LogP contribution in [0.15, 0.2) is 65.3 Å². The zero-order valence-electron chi connectivity index (χ0n) is 16.5. The van der Waals surface area contributed by atoms with Gasteiger partial charge in [-0.25, -0.2) is 9.97 Å². The molecule has 0 unspecified atom stereocenters. The van der Waals surface area contributed by atoms with Crippen molar-refractivity contribution in [2.45, 2.75) is 16.6 Å². The molecule has 1 aromatic carbocycles. The Bertz CT molecular complexity index is 1460. The zero-order valence-corrected chi connectivity index (χ0v) is 18.1. The standard InChI is InChI=1S/C20H11F6N3O3S2/c21-19(22,23)13-3-1-11(2-4-13)12-7-16(20(24,25)26)28-17(8-12)29-9-14(27-10-29)15-5-6-18(33-15)34(30,31)32/h1-10H,(H,30,31,32). The lowest BCUT2D eigenvalue weighted by atomic mass is 10.0. The van der Waals surface area contributed by atoms with Gasteiger partial charge in [-0.05, 0) is 47.5 Å². The molecule has 0 fully saturated rings. The molecule has 3 aromatic heterocycles. The third kappa shape index (κ3) is 4.98. The Labute approximate surface area is 191 Å². The summed E-state index contributed by atoms with van der Waals surface area (Å²) < 4.78 is 111. The maximum atomic E-state index is 13.5. The fourth-order valence-electron chi connectivity index (χ4n) is 2.98. The lowest BCUT2D eigenvalue weighted by Gasteiger charge is -2.13. The molecule has 0 aliphatic heterocycles. The van der Waals surface area contributed by atoms with Gasteiger partial charge in [0.2, 0.25) is 0 Å². The number of aromatic nitrogens is 3. The number of imidazole rings is 1. The number of pyridine rings is 1. The first-order chi connectivity index (χ1) is 15.7. The Morgan fingerprint density at radius 1 is 0.882 bits per heavy atom. The highest BCUT2D eigenvalue weighted by Gasteiger charge is 2.34. The molecule has 0 saturated carbocycles. The second-order valence-electron chi connectivity index (χ2n) is 6.93. The predicted octanol–water partition coefficient (Wildman–Crippen LogP) is 5.95. The minimum Gasteiger partial charge on any atom is -0.290 e. The van der Waals surface area contributed by atoms with Crippen LogP contribution >= 0.6 is 11.3 Å². The van der Waals surface area contributed by atoms with E-state index in [2.05, 4.69) is 9.97 Å². The molecule has 4 rings (SSSR count). The molecule has 178 valence electrons. The van der Waals surface area contributed by atoms with Crippen LogP contribution in [-0.4, -0.2) is 27.5 Å². The van der Waals surface area contributed by atoms with Crippen molar-refractivity contribution in [3.8, 4) is 27.5 Å². The van der Waals surface area contributed by atoms with E-state index in [1.807, 2.05) is 0 Å². The summed E-state index contributed by atoms with van der Waals surface area (Å²) in [6.07, 6.45) is -6.97. The number of hydrogen-bond acceptors (Lipinski definition) is 5. The molecule has 1 N–H and O–H groups in total. The van der Waals surface area contributed by atoms with Crippen molar-refractivity contribution in [2.24, 2.45) is 0 Å². The topological polar surface area (TPSA) is 85.1 Å². The highest BCUT2D eigenvalue weighted by atomic mass is 32.3. The van der Waals surface area contributed by atoms with Crippen LogP contribution < -0.4 is 0 Å². The summed E-state index contributed by atoms with van der Waals surface area (Å²) in [5.41, 5.74) is -1.92. The summed E-state index contributed by atoms with van der Waals surface area (Å²) in [5, 5.41) is 0. The number of halogens is 6. The Hall–Kier alpha value is -3.23. The van der Waals surface area contributed by atoms with Crippen molar-refractivity contribution in [3.63, 3.8) is 0 Å². The van der Waals surface area contributed by atoms with E-state index in [1.54, 1.807) is 0 Å². The van der Waals surface area contributed by atoms with E-state index in [9.17, 15) is 34.8 Å². The van der Waals surface area contributed by atoms with Gasteiger partial charge in [0.1, 0.15) is 22.0 Å². The molecule has 0 aliphatic carbocycles. The number of hydrogen-bond donors (Lipinski definition) is 1. The molecular weight excluding hydrogens is 508 g/mol. The highest BCUT2D eigenvalue weighted by Crippen LogP contribution is 2.35. The predicted molar refractivity (Wildman–Crippen MR) is 110 cm³/mol. The molecule has 0 saturated heterocycles. The first kappa shape index (κ1) is 23.9. The zero-order chi connectivity index (χ0) is 24.9. The molecule has 0 aliphatic rings. The van der Waals surface area contributed by atoms with Gasteiger partial charge >= 0.3 is 22.5 Å². The van der Waals surface area contributed by atoms with Gasteiger partial charge in [-0.1, -0.05) is 12.1 Å². The van der Waals surface area contributed by atoms with Crippen LogP contribution in [0.5, 0.6) is 0 Å². The van der Waals surface area contributed by atoms with Gasteiger partial charge in [-0.3, -0.25) is 9.12 Å². The molecule has 6 nitrogen and oxygen atoms in total. The van der Waals surface area contributed by atoms with Gasteiger partial charge in [0.15, 0.2) is 0 Å². The number of thiophene rings is 1. The van der Waals surface area contributed by atoms with Crippen molar-refractivity contribution < 1.29 is 39.3 Å². The van der Waals surface area contributed by atoms with E-state index in [0.717, 1.165) is 47.3 Å². The third-order valence-electron chi connectivity index (χ3n) is 4.58. The summed E-state index contributed by atoms with van der Waals surface area (Å²) in [5.74, 6) is -0.213. The summed E-state index contributed by atoms with van der Waals surface area (Å²) in [4.78, 5) is 7.96. The van der Waals surface area contributed by atoms with Gasteiger partial charge in [0, 0.05) is 6.20 Å². The number of nitrogens with zero attached hydrogens (tertiary/aromatic N) is 3. The summed E-state index contributed by atoms with van der Waals surface area (Å²) in [6.45, 7) is 0. The maximum Gasteiger partial charge on any atom is 0.433 e. The van der Waals surface area contributed by atoms with Crippen molar-refractivity contribution >= 4 is 21.5 Å². The molecule has 0 spiro atoms. The van der Waals surface area contributed by atoms with Crippen LogP contribution in [0.3, 0.4) is 0 Å². The second-order valence-corrected chi connectivity index (χ2v) is 9.66. The van der Waals surface area contributed by atoms with E-state index in [0.29, 0.717) is 16.2 Å². The Kier molecular flexibility index (Phi) is 5.78. The molecule has 3 heterocycles. The van der Waals surface area contributed by atoms with Gasteiger partial charge in [-0.2, -0.15) is 34.8 Å². The monoisotopic (exact) mass is 519 g/mol. The normalized spacial score (nSPS) is 12.8. The number of alkyl halides is 6. The largest absolute Gasteiger partial charge is 0.433 e. The van der Waals surface area contributed by atoms with Gasteiger partial charge < -0.3 is 0 Å². The molecule has 34 heavy (non-hydrogen) atoms. The average molecular weight is 519 g/mol. The number of benzene rings is 1. The minimum absolute atomic E-state index is 0.0221. The Morgan fingerprint density at radius 3 is 2.12 bits per heavy atom.